The molecule has 9 heteroatoms. The number of amides is 2. The van der Waals surface area contributed by atoms with Gasteiger partial charge in [-0.05, 0) is 24.1 Å². The van der Waals surface area contributed by atoms with Crippen LogP contribution in [0, 0.1) is 17.6 Å². The van der Waals surface area contributed by atoms with Crippen molar-refractivity contribution >= 4 is 11.8 Å². The number of carbonyl (C=O) groups is 2. The summed E-state index contributed by atoms with van der Waals surface area (Å²) < 4.78 is 43.6. The zero-order valence-electron chi connectivity index (χ0n) is 18.0. The molecule has 0 aliphatic heterocycles. The highest BCUT2D eigenvalue weighted by atomic mass is 19.1. The van der Waals surface area contributed by atoms with Gasteiger partial charge in [-0.25, -0.2) is 8.78 Å². The third kappa shape index (κ3) is 5.62. The minimum absolute atomic E-state index is 0.0650. The number of carbonyl (C=O) groups excluding carboxylic acids is 2. The van der Waals surface area contributed by atoms with E-state index in [1.54, 1.807) is 26.0 Å². The van der Waals surface area contributed by atoms with Crippen molar-refractivity contribution in [1.29, 1.82) is 0 Å². The molecule has 31 heavy (non-hydrogen) atoms. The van der Waals surface area contributed by atoms with Crippen LogP contribution >= 0.6 is 0 Å². The van der Waals surface area contributed by atoms with Crippen molar-refractivity contribution in [2.75, 3.05) is 21.3 Å². The van der Waals surface area contributed by atoms with Crippen molar-refractivity contribution < 1.29 is 32.6 Å². The van der Waals surface area contributed by atoms with Crippen LogP contribution in [0.3, 0.4) is 0 Å². The zero-order valence-corrected chi connectivity index (χ0v) is 18.0. The topological polar surface area (TPSA) is 85.9 Å². The van der Waals surface area contributed by atoms with Crippen molar-refractivity contribution in [2.45, 2.75) is 26.4 Å². The molecule has 0 aromatic heterocycles. The maximum atomic E-state index is 13.9. The molecule has 0 heterocycles. The summed E-state index contributed by atoms with van der Waals surface area (Å²) in [7, 11) is 4.46. The van der Waals surface area contributed by atoms with E-state index in [4.69, 9.17) is 14.2 Å². The monoisotopic (exact) mass is 436 g/mol. The third-order valence-electron chi connectivity index (χ3n) is 4.67. The number of hydrogen-bond donors (Lipinski definition) is 2. The van der Waals surface area contributed by atoms with Crippen LogP contribution in [0.5, 0.6) is 17.2 Å². The Labute approximate surface area is 179 Å². The Morgan fingerprint density at radius 1 is 0.935 bits per heavy atom. The molecule has 0 aliphatic carbocycles. The van der Waals surface area contributed by atoms with Crippen molar-refractivity contribution in [3.05, 3.63) is 53.1 Å². The van der Waals surface area contributed by atoms with Crippen LogP contribution in [0.2, 0.25) is 0 Å². The molecule has 0 aliphatic rings. The molecule has 2 aromatic rings. The van der Waals surface area contributed by atoms with E-state index in [2.05, 4.69) is 10.6 Å². The average Bonchev–Trinajstić information content (AvgIpc) is 2.74. The number of rotatable bonds is 9. The quantitative estimate of drug-likeness (QED) is 0.631. The molecule has 1 atom stereocenters. The fourth-order valence-electron chi connectivity index (χ4n) is 2.99. The summed E-state index contributed by atoms with van der Waals surface area (Å²) in [5.41, 5.74) is -0.120. The summed E-state index contributed by atoms with van der Waals surface area (Å²) in [4.78, 5) is 25.2. The fourth-order valence-corrected chi connectivity index (χ4v) is 2.99. The molecule has 0 spiro atoms. The second-order valence-corrected chi connectivity index (χ2v) is 7.03. The minimum atomic E-state index is -1.02. The predicted octanol–water partition coefficient (Wildman–Crippen LogP) is 3.06. The maximum absolute atomic E-state index is 13.9. The molecule has 2 aromatic carbocycles. The Hall–Kier alpha value is -3.36. The van der Waals surface area contributed by atoms with Crippen LogP contribution in [-0.4, -0.2) is 39.2 Å². The molecule has 0 saturated carbocycles. The second-order valence-electron chi connectivity index (χ2n) is 7.03. The van der Waals surface area contributed by atoms with Crippen LogP contribution in [0.4, 0.5) is 8.78 Å². The van der Waals surface area contributed by atoms with Gasteiger partial charge in [-0.2, -0.15) is 0 Å². The minimum Gasteiger partial charge on any atom is -0.496 e. The molecule has 0 bridgehead atoms. The summed E-state index contributed by atoms with van der Waals surface area (Å²) >= 11 is 0. The lowest BCUT2D eigenvalue weighted by Gasteiger charge is -2.22. The maximum Gasteiger partial charge on any atom is 0.257 e. The van der Waals surface area contributed by atoms with Crippen molar-refractivity contribution in [3.8, 4) is 17.2 Å². The van der Waals surface area contributed by atoms with Crippen LogP contribution in [0.15, 0.2) is 30.3 Å². The van der Waals surface area contributed by atoms with E-state index in [-0.39, 0.29) is 12.5 Å². The molecule has 2 amide bonds. The Balaban J connectivity index is 2.17. The Morgan fingerprint density at radius 3 is 2.00 bits per heavy atom. The van der Waals surface area contributed by atoms with Gasteiger partial charge in [0.15, 0.2) is 11.5 Å². The summed E-state index contributed by atoms with van der Waals surface area (Å²) in [5, 5.41) is 5.13. The Bertz CT molecular complexity index is 929. The van der Waals surface area contributed by atoms with E-state index in [0.29, 0.717) is 22.8 Å². The van der Waals surface area contributed by atoms with Gasteiger partial charge in [0, 0.05) is 18.2 Å². The van der Waals surface area contributed by atoms with Gasteiger partial charge in [-0.1, -0.05) is 19.9 Å². The summed E-state index contributed by atoms with van der Waals surface area (Å²) in [6, 6.07) is 5.39. The molecular weight excluding hydrogens is 410 g/mol. The predicted molar refractivity (Wildman–Crippen MR) is 110 cm³/mol. The largest absolute Gasteiger partial charge is 0.496 e. The van der Waals surface area contributed by atoms with E-state index in [1.165, 1.54) is 21.3 Å². The molecule has 0 fully saturated rings. The molecule has 2 N–H and O–H groups in total. The average molecular weight is 436 g/mol. The van der Waals surface area contributed by atoms with Gasteiger partial charge in [-0.15, -0.1) is 0 Å². The first-order valence-electron chi connectivity index (χ1n) is 9.54. The lowest BCUT2D eigenvalue weighted by molar-refractivity contribution is -0.124. The van der Waals surface area contributed by atoms with Crippen molar-refractivity contribution in [3.63, 3.8) is 0 Å². The van der Waals surface area contributed by atoms with Crippen LogP contribution < -0.4 is 24.8 Å². The van der Waals surface area contributed by atoms with E-state index < -0.39 is 35.1 Å². The fraction of sp³-hybridized carbons (Fsp3) is 0.364. The highest BCUT2D eigenvalue weighted by Gasteiger charge is 2.27. The normalized spacial score (nSPS) is 11.6. The van der Waals surface area contributed by atoms with Gasteiger partial charge in [0.05, 0.1) is 21.3 Å². The zero-order chi connectivity index (χ0) is 23.1. The number of hydrogen-bond acceptors (Lipinski definition) is 5. The number of methoxy groups -OCH3 is 3. The molecule has 0 unspecified atom stereocenters. The highest BCUT2D eigenvalue weighted by Crippen LogP contribution is 2.34. The first-order valence-corrected chi connectivity index (χ1v) is 9.54. The van der Waals surface area contributed by atoms with Crippen LogP contribution in [0.1, 0.15) is 29.8 Å². The van der Waals surface area contributed by atoms with Gasteiger partial charge in [0.1, 0.15) is 29.0 Å². The van der Waals surface area contributed by atoms with Crippen molar-refractivity contribution in [2.24, 2.45) is 5.92 Å². The lowest BCUT2D eigenvalue weighted by atomic mass is 10.0. The lowest BCUT2D eigenvalue weighted by Crippen LogP contribution is -2.49. The molecule has 0 radical (unpaired) electrons. The first kappa shape index (κ1) is 23.9. The summed E-state index contributed by atoms with van der Waals surface area (Å²) in [6.07, 6.45) is 0. The van der Waals surface area contributed by atoms with Gasteiger partial charge in [0.2, 0.25) is 5.91 Å². The van der Waals surface area contributed by atoms with Crippen LogP contribution in [-0.2, 0) is 11.3 Å². The molecular formula is C22H26F2N2O5. The van der Waals surface area contributed by atoms with E-state index in [9.17, 15) is 18.4 Å². The molecule has 0 saturated heterocycles. The number of nitrogens with one attached hydrogen (secondary N) is 2. The van der Waals surface area contributed by atoms with Gasteiger partial charge in [0.25, 0.3) is 5.91 Å². The van der Waals surface area contributed by atoms with Gasteiger partial charge >= 0.3 is 0 Å². The third-order valence-corrected chi connectivity index (χ3v) is 4.67. The smallest absolute Gasteiger partial charge is 0.257 e. The number of ether oxygens (including phenoxy) is 3. The Kier molecular flexibility index (Phi) is 8.18. The second kappa shape index (κ2) is 10.6. The standard InChI is InChI=1S/C22H26F2N2O5/c1-12(2)20(26-21(27)19-14(23)7-6-8-15(19)24)22(28)25-11-13-9-17(30-4)18(31-5)10-16(13)29-3/h6-10,12,20H,11H2,1-5H3,(H,25,28)(H,26,27)/t20-/m1/s1. The SMILES string of the molecule is COc1cc(OC)c(OC)cc1CNC(=O)[C@H](NC(=O)c1c(F)cccc1F)C(C)C. The number of benzene rings is 2. The highest BCUT2D eigenvalue weighted by molar-refractivity contribution is 5.98. The molecule has 7 nitrogen and oxygen atoms in total. The summed E-state index contributed by atoms with van der Waals surface area (Å²) in [6.45, 7) is 3.48. The van der Waals surface area contributed by atoms with Gasteiger partial charge in [-0.3, -0.25) is 9.59 Å². The molecule has 2 rings (SSSR count). The Morgan fingerprint density at radius 2 is 1.48 bits per heavy atom. The number of halogens is 2. The first-order chi connectivity index (χ1) is 14.7. The summed E-state index contributed by atoms with van der Waals surface area (Å²) in [5.74, 6) is -2.48. The molecule has 168 valence electrons. The van der Waals surface area contributed by atoms with Crippen LogP contribution in [0.25, 0.3) is 0 Å². The van der Waals surface area contributed by atoms with Gasteiger partial charge < -0.3 is 24.8 Å². The van der Waals surface area contributed by atoms with E-state index >= 15 is 0 Å². The van der Waals surface area contributed by atoms with Crippen molar-refractivity contribution in [1.82, 2.24) is 10.6 Å². The van der Waals surface area contributed by atoms with E-state index in [1.807, 2.05) is 0 Å². The van der Waals surface area contributed by atoms with E-state index in [0.717, 1.165) is 18.2 Å².